The molecule has 0 atom stereocenters. The molecule has 27 heavy (non-hydrogen) atoms. The van der Waals surface area contributed by atoms with E-state index in [4.69, 9.17) is 17.2 Å². The molecule has 0 saturated heterocycles. The van der Waals surface area contributed by atoms with E-state index in [-0.39, 0.29) is 0 Å². The second kappa shape index (κ2) is 6.45. The van der Waals surface area contributed by atoms with Gasteiger partial charge in [-0.3, -0.25) is 10.1 Å². The molecule has 5 rings (SSSR count). The van der Waals surface area contributed by atoms with E-state index in [1.54, 1.807) is 12.4 Å². The van der Waals surface area contributed by atoms with Crippen LogP contribution in [-0.4, -0.2) is 25.0 Å². The van der Waals surface area contributed by atoms with Crippen LogP contribution in [0.25, 0.3) is 33.1 Å². The maximum absolute atomic E-state index is 5.65. The lowest BCUT2D eigenvalue weighted by atomic mass is 10.1. The number of pyridine rings is 1. The van der Waals surface area contributed by atoms with Gasteiger partial charge >= 0.3 is 0 Å². The van der Waals surface area contributed by atoms with Crippen molar-refractivity contribution in [1.82, 2.24) is 20.2 Å². The molecule has 0 saturated carbocycles. The SMILES string of the molecule is S=C(Cc1ccccc1)c1cc2cc3c(-c4ccncc4)[nH][nH]c3cc2n1. The summed E-state index contributed by atoms with van der Waals surface area (Å²) in [6, 6.07) is 20.6. The zero-order chi connectivity index (χ0) is 18.2. The van der Waals surface area contributed by atoms with Crippen LogP contribution in [0.15, 0.2) is 73.1 Å². The van der Waals surface area contributed by atoms with Gasteiger partial charge in [-0.25, -0.2) is 4.98 Å². The summed E-state index contributed by atoms with van der Waals surface area (Å²) >= 11 is 5.65. The number of H-pyrrole nitrogens is 2. The number of fused-ring (bicyclic) bond motifs is 2. The molecule has 0 radical (unpaired) electrons. The van der Waals surface area contributed by atoms with E-state index in [0.29, 0.717) is 0 Å². The molecule has 0 unspecified atom stereocenters. The predicted molar refractivity (Wildman–Crippen MR) is 113 cm³/mol. The topological polar surface area (TPSA) is 57.4 Å². The highest BCUT2D eigenvalue weighted by Crippen LogP contribution is 2.30. The Morgan fingerprint density at radius 3 is 2.56 bits per heavy atom. The lowest BCUT2D eigenvalue weighted by Crippen LogP contribution is -2.01. The van der Waals surface area contributed by atoms with Crippen LogP contribution < -0.4 is 0 Å². The fourth-order valence-corrected chi connectivity index (χ4v) is 3.67. The van der Waals surface area contributed by atoms with E-state index in [0.717, 1.165) is 50.0 Å². The third-order valence-electron chi connectivity index (χ3n) is 4.75. The van der Waals surface area contributed by atoms with E-state index in [1.165, 1.54) is 5.56 Å². The highest BCUT2D eigenvalue weighted by Gasteiger charge is 2.12. The minimum absolute atomic E-state index is 0.730. The van der Waals surface area contributed by atoms with Crippen molar-refractivity contribution in [2.45, 2.75) is 6.42 Å². The van der Waals surface area contributed by atoms with Crippen LogP contribution in [-0.2, 0) is 6.42 Å². The number of rotatable bonds is 4. The Morgan fingerprint density at radius 1 is 0.926 bits per heavy atom. The van der Waals surface area contributed by atoms with Gasteiger partial charge in [0.2, 0.25) is 0 Å². The molecule has 2 aromatic carbocycles. The molecule has 0 spiro atoms. The predicted octanol–water partition coefficient (Wildman–Crippen LogP) is 5.07. The maximum atomic E-state index is 5.65. The third kappa shape index (κ3) is 2.92. The lowest BCUT2D eigenvalue weighted by Gasteiger charge is -2.00. The summed E-state index contributed by atoms with van der Waals surface area (Å²) in [7, 11) is 0. The largest absolute Gasteiger partial charge is 0.300 e. The quantitative estimate of drug-likeness (QED) is 0.344. The van der Waals surface area contributed by atoms with Crippen LogP contribution >= 0.6 is 12.2 Å². The van der Waals surface area contributed by atoms with Gasteiger partial charge in [0, 0.05) is 40.0 Å². The van der Waals surface area contributed by atoms with Crippen molar-refractivity contribution in [3.63, 3.8) is 0 Å². The summed E-state index contributed by atoms with van der Waals surface area (Å²) in [5.74, 6) is 0. The summed E-state index contributed by atoms with van der Waals surface area (Å²) in [4.78, 5) is 9.71. The molecule has 5 heteroatoms. The number of nitrogens with one attached hydrogen (secondary N) is 2. The van der Waals surface area contributed by atoms with Crippen molar-refractivity contribution >= 4 is 38.9 Å². The van der Waals surface area contributed by atoms with Crippen molar-refractivity contribution in [2.24, 2.45) is 0 Å². The normalized spacial score (nSPS) is 11.3. The standard InChI is InChI=1S/C22H16N4S/c27-21(10-14-4-2-1-3-5-14)20-12-16-11-17-19(13-18(16)24-20)25-26-22(17)15-6-8-23-9-7-15/h1-9,11-13,25-26H,10H2. The van der Waals surface area contributed by atoms with Crippen molar-refractivity contribution in [2.75, 3.05) is 0 Å². The zero-order valence-electron chi connectivity index (χ0n) is 14.4. The molecule has 0 amide bonds. The van der Waals surface area contributed by atoms with Crippen LogP contribution in [0, 0.1) is 0 Å². The number of aromatic amines is 2. The van der Waals surface area contributed by atoms with Gasteiger partial charge in [0.05, 0.1) is 22.4 Å². The van der Waals surface area contributed by atoms with Gasteiger partial charge in [-0.05, 0) is 35.9 Å². The molecule has 0 bridgehead atoms. The Kier molecular flexibility index (Phi) is 3.80. The number of nitrogens with zero attached hydrogens (tertiary/aromatic N) is 2. The van der Waals surface area contributed by atoms with Crippen LogP contribution in [0.1, 0.15) is 11.3 Å². The van der Waals surface area contributed by atoms with Crippen molar-refractivity contribution in [1.29, 1.82) is 0 Å². The molecular weight excluding hydrogens is 352 g/mol. The monoisotopic (exact) mass is 368 g/mol. The van der Waals surface area contributed by atoms with E-state index >= 15 is 0 Å². The third-order valence-corrected chi connectivity index (χ3v) is 5.11. The van der Waals surface area contributed by atoms with Crippen molar-refractivity contribution in [3.8, 4) is 11.3 Å². The van der Waals surface area contributed by atoms with E-state index in [1.807, 2.05) is 30.3 Å². The Hall–Kier alpha value is -3.31. The van der Waals surface area contributed by atoms with Crippen molar-refractivity contribution in [3.05, 3.63) is 84.3 Å². The molecule has 0 fully saturated rings. The summed E-state index contributed by atoms with van der Waals surface area (Å²) in [5, 5.41) is 8.72. The molecule has 4 nitrogen and oxygen atoms in total. The average molecular weight is 368 g/mol. The lowest BCUT2D eigenvalue weighted by molar-refractivity contribution is 1.12. The highest BCUT2D eigenvalue weighted by molar-refractivity contribution is 7.80. The summed E-state index contributed by atoms with van der Waals surface area (Å²) in [5.41, 5.74) is 6.19. The molecular formula is C22H16N4S. The zero-order valence-corrected chi connectivity index (χ0v) is 15.3. The Labute approximate surface area is 161 Å². The Bertz CT molecular complexity index is 1250. The number of hydrogen-bond donors (Lipinski definition) is 2. The van der Waals surface area contributed by atoms with Gasteiger partial charge < -0.3 is 5.10 Å². The van der Waals surface area contributed by atoms with Crippen LogP contribution in [0.2, 0.25) is 0 Å². The van der Waals surface area contributed by atoms with Crippen LogP contribution in [0.5, 0.6) is 0 Å². The molecule has 0 aliphatic carbocycles. The second-order valence-corrected chi connectivity index (χ2v) is 7.04. The first-order valence-corrected chi connectivity index (χ1v) is 9.17. The maximum Gasteiger partial charge on any atom is 0.0786 e. The van der Waals surface area contributed by atoms with E-state index in [2.05, 4.69) is 45.5 Å². The van der Waals surface area contributed by atoms with Crippen molar-refractivity contribution < 1.29 is 0 Å². The van der Waals surface area contributed by atoms with Gasteiger partial charge in [0.15, 0.2) is 0 Å². The van der Waals surface area contributed by atoms with Gasteiger partial charge in [-0.15, -0.1) is 0 Å². The fraction of sp³-hybridized carbons (Fsp3) is 0.0455. The smallest absolute Gasteiger partial charge is 0.0786 e. The molecule has 3 heterocycles. The van der Waals surface area contributed by atoms with E-state index in [9.17, 15) is 0 Å². The molecule has 0 aliphatic heterocycles. The number of thiocarbonyl (C=S) groups is 1. The number of hydrogen-bond acceptors (Lipinski definition) is 3. The number of aromatic nitrogens is 4. The first kappa shape index (κ1) is 15.9. The van der Waals surface area contributed by atoms with Crippen LogP contribution in [0.4, 0.5) is 0 Å². The summed E-state index contributed by atoms with van der Waals surface area (Å²) in [6.07, 6.45) is 4.32. The van der Waals surface area contributed by atoms with Crippen LogP contribution in [0.3, 0.4) is 0 Å². The van der Waals surface area contributed by atoms with Gasteiger partial charge in [0.25, 0.3) is 0 Å². The summed E-state index contributed by atoms with van der Waals surface area (Å²) in [6.45, 7) is 0. The average Bonchev–Trinajstić information content (AvgIpc) is 3.31. The minimum atomic E-state index is 0.730. The minimum Gasteiger partial charge on any atom is -0.300 e. The molecule has 3 aromatic heterocycles. The first-order chi connectivity index (χ1) is 13.3. The molecule has 130 valence electrons. The molecule has 5 aromatic rings. The van der Waals surface area contributed by atoms with E-state index < -0.39 is 0 Å². The second-order valence-electron chi connectivity index (χ2n) is 6.54. The Morgan fingerprint density at radius 2 is 1.74 bits per heavy atom. The van der Waals surface area contributed by atoms with Gasteiger partial charge in [0.1, 0.15) is 0 Å². The van der Waals surface area contributed by atoms with Gasteiger partial charge in [-0.2, -0.15) is 0 Å². The number of benzene rings is 2. The molecule has 2 N–H and O–H groups in total. The van der Waals surface area contributed by atoms with Gasteiger partial charge in [-0.1, -0.05) is 42.5 Å². The first-order valence-electron chi connectivity index (χ1n) is 8.76. The molecule has 0 aliphatic rings. The Balaban J connectivity index is 1.55. The highest BCUT2D eigenvalue weighted by atomic mass is 32.1. The fourth-order valence-electron chi connectivity index (χ4n) is 3.40. The summed E-state index contributed by atoms with van der Waals surface area (Å²) < 4.78 is 0.